The zero-order chi connectivity index (χ0) is 13.0. The highest BCUT2D eigenvalue weighted by Gasteiger charge is 2.06. The lowest BCUT2D eigenvalue weighted by Gasteiger charge is -2.02. The summed E-state index contributed by atoms with van der Waals surface area (Å²) < 4.78 is 0. The molecule has 1 amide bonds. The van der Waals surface area contributed by atoms with E-state index in [0.29, 0.717) is 12.1 Å². The predicted molar refractivity (Wildman–Crippen MR) is 71.9 cm³/mol. The van der Waals surface area contributed by atoms with Crippen molar-refractivity contribution in [1.82, 2.24) is 15.3 Å². The summed E-state index contributed by atoms with van der Waals surface area (Å²) >= 11 is 1.69. The minimum Gasteiger partial charge on any atom is -0.352 e. The third kappa shape index (κ3) is 3.13. The number of nitrogens with zero attached hydrogens (tertiary/aromatic N) is 2. The highest BCUT2D eigenvalue weighted by Crippen LogP contribution is 2.16. The highest BCUT2D eigenvalue weighted by atomic mass is 32.1. The molecule has 94 valence electrons. The number of nitrogens with one attached hydrogen (secondary N) is 1. The molecule has 2 aromatic heterocycles. The Balaban J connectivity index is 1.84. The summed E-state index contributed by atoms with van der Waals surface area (Å²) in [5, 5.41) is 3.93. The van der Waals surface area contributed by atoms with E-state index in [1.807, 2.05) is 6.92 Å². The molecule has 2 heterocycles. The summed E-state index contributed by atoms with van der Waals surface area (Å²) in [4.78, 5) is 21.3. The Morgan fingerprint density at radius 2 is 2.28 bits per heavy atom. The Morgan fingerprint density at radius 3 is 2.89 bits per heavy atom. The molecule has 0 bridgehead atoms. The Labute approximate surface area is 110 Å². The van der Waals surface area contributed by atoms with Crippen LogP contribution in [0.15, 0.2) is 24.5 Å². The Kier molecular flexibility index (Phi) is 4.04. The fourth-order valence-corrected chi connectivity index (χ4v) is 2.46. The highest BCUT2D eigenvalue weighted by molar-refractivity contribution is 7.11. The molecule has 0 aliphatic carbocycles. The van der Waals surface area contributed by atoms with Crippen LogP contribution in [0.2, 0.25) is 0 Å². The molecule has 1 N–H and O–H groups in total. The van der Waals surface area contributed by atoms with Crippen molar-refractivity contribution in [3.8, 4) is 0 Å². The number of hydrogen-bond acceptors (Lipinski definition) is 4. The largest absolute Gasteiger partial charge is 0.352 e. The van der Waals surface area contributed by atoms with Gasteiger partial charge in [0.15, 0.2) is 0 Å². The first-order chi connectivity index (χ1) is 8.66. The van der Waals surface area contributed by atoms with Crippen molar-refractivity contribution in [2.24, 2.45) is 0 Å². The van der Waals surface area contributed by atoms with E-state index in [2.05, 4.69) is 22.2 Å². The maximum Gasteiger partial charge on any atom is 0.252 e. The number of thiazole rings is 1. The van der Waals surface area contributed by atoms with Gasteiger partial charge < -0.3 is 5.32 Å². The van der Waals surface area contributed by atoms with E-state index in [0.717, 1.165) is 17.1 Å². The van der Waals surface area contributed by atoms with E-state index >= 15 is 0 Å². The molecule has 4 nitrogen and oxygen atoms in total. The van der Waals surface area contributed by atoms with Crippen LogP contribution in [0.4, 0.5) is 0 Å². The van der Waals surface area contributed by atoms with Gasteiger partial charge in [0.05, 0.1) is 16.3 Å². The van der Waals surface area contributed by atoms with Gasteiger partial charge >= 0.3 is 0 Å². The lowest BCUT2D eigenvalue weighted by molar-refractivity contribution is 0.0954. The van der Waals surface area contributed by atoms with Crippen LogP contribution in [-0.4, -0.2) is 22.4 Å². The molecule has 0 saturated heterocycles. The monoisotopic (exact) mass is 261 g/mol. The van der Waals surface area contributed by atoms with Crippen LogP contribution in [0.3, 0.4) is 0 Å². The SMILES string of the molecule is Cc1nc(CCNC(=O)c2cccnc2)sc1C. The fraction of sp³-hybridized carbons (Fsp3) is 0.308. The summed E-state index contributed by atoms with van der Waals surface area (Å²) in [6, 6.07) is 3.50. The molecule has 5 heteroatoms. The van der Waals surface area contributed by atoms with Crippen molar-refractivity contribution in [2.45, 2.75) is 20.3 Å². The van der Waals surface area contributed by atoms with Gasteiger partial charge in [0.25, 0.3) is 5.91 Å². The van der Waals surface area contributed by atoms with E-state index in [1.165, 1.54) is 4.88 Å². The van der Waals surface area contributed by atoms with E-state index < -0.39 is 0 Å². The number of carbonyl (C=O) groups is 1. The third-order valence-corrected chi connectivity index (χ3v) is 3.75. The minimum atomic E-state index is -0.0897. The van der Waals surface area contributed by atoms with E-state index in [1.54, 1.807) is 35.9 Å². The number of carbonyl (C=O) groups excluding carboxylic acids is 1. The number of rotatable bonds is 4. The van der Waals surface area contributed by atoms with Gasteiger partial charge in [0, 0.05) is 30.2 Å². The number of hydrogen-bond donors (Lipinski definition) is 1. The second kappa shape index (κ2) is 5.73. The van der Waals surface area contributed by atoms with Crippen LogP contribution in [0.25, 0.3) is 0 Å². The van der Waals surface area contributed by atoms with E-state index in [9.17, 15) is 4.79 Å². The Bertz CT molecular complexity index is 517. The lowest BCUT2D eigenvalue weighted by Crippen LogP contribution is -2.25. The number of aromatic nitrogens is 2. The summed E-state index contributed by atoms with van der Waals surface area (Å²) in [5.41, 5.74) is 1.66. The van der Waals surface area contributed by atoms with Crippen LogP contribution in [0.1, 0.15) is 25.9 Å². The molecule has 0 saturated carbocycles. The van der Waals surface area contributed by atoms with Crippen molar-refractivity contribution in [3.05, 3.63) is 45.7 Å². The maximum atomic E-state index is 11.7. The normalized spacial score (nSPS) is 10.3. The molecule has 0 aliphatic rings. The summed E-state index contributed by atoms with van der Waals surface area (Å²) in [7, 11) is 0. The van der Waals surface area contributed by atoms with Crippen LogP contribution in [-0.2, 0) is 6.42 Å². The molecule has 0 radical (unpaired) electrons. The fourth-order valence-electron chi connectivity index (χ4n) is 1.53. The Morgan fingerprint density at radius 1 is 1.44 bits per heavy atom. The second-order valence-electron chi connectivity index (χ2n) is 4.00. The average molecular weight is 261 g/mol. The predicted octanol–water partition coefficient (Wildman–Crippen LogP) is 2.13. The van der Waals surface area contributed by atoms with Crippen LogP contribution in [0.5, 0.6) is 0 Å². The first-order valence-corrected chi connectivity index (χ1v) is 6.59. The summed E-state index contributed by atoms with van der Waals surface area (Å²) in [5.74, 6) is -0.0897. The van der Waals surface area contributed by atoms with Crippen LogP contribution < -0.4 is 5.32 Å². The number of amides is 1. The standard InChI is InChI=1S/C13H15N3OS/c1-9-10(2)18-12(16-9)5-7-15-13(17)11-4-3-6-14-8-11/h3-4,6,8H,5,7H2,1-2H3,(H,15,17). The van der Waals surface area contributed by atoms with Gasteiger partial charge in [-0.05, 0) is 26.0 Å². The topological polar surface area (TPSA) is 54.9 Å². The van der Waals surface area contributed by atoms with Gasteiger partial charge in [-0.3, -0.25) is 9.78 Å². The lowest BCUT2D eigenvalue weighted by atomic mass is 10.2. The van der Waals surface area contributed by atoms with Gasteiger partial charge in [0.1, 0.15) is 0 Å². The zero-order valence-corrected chi connectivity index (χ0v) is 11.3. The van der Waals surface area contributed by atoms with Gasteiger partial charge in [-0.1, -0.05) is 0 Å². The molecular formula is C13H15N3OS. The Hall–Kier alpha value is -1.75. The molecule has 18 heavy (non-hydrogen) atoms. The molecule has 0 unspecified atom stereocenters. The van der Waals surface area contributed by atoms with Crippen molar-refractivity contribution in [3.63, 3.8) is 0 Å². The molecule has 2 aromatic rings. The first-order valence-electron chi connectivity index (χ1n) is 5.78. The van der Waals surface area contributed by atoms with E-state index in [-0.39, 0.29) is 5.91 Å². The average Bonchev–Trinajstić information content (AvgIpc) is 2.69. The van der Waals surface area contributed by atoms with Crippen LogP contribution >= 0.6 is 11.3 Å². The minimum absolute atomic E-state index is 0.0897. The van der Waals surface area contributed by atoms with Gasteiger partial charge in [0.2, 0.25) is 0 Å². The van der Waals surface area contributed by atoms with E-state index in [4.69, 9.17) is 0 Å². The van der Waals surface area contributed by atoms with Crippen molar-refractivity contribution < 1.29 is 4.79 Å². The second-order valence-corrected chi connectivity index (χ2v) is 5.28. The van der Waals surface area contributed by atoms with Crippen molar-refractivity contribution >= 4 is 17.2 Å². The molecule has 0 atom stereocenters. The van der Waals surface area contributed by atoms with Crippen LogP contribution in [0, 0.1) is 13.8 Å². The van der Waals surface area contributed by atoms with Gasteiger partial charge in [-0.15, -0.1) is 11.3 Å². The number of pyridine rings is 1. The maximum absolute atomic E-state index is 11.7. The molecule has 0 fully saturated rings. The molecule has 0 aliphatic heterocycles. The van der Waals surface area contributed by atoms with Gasteiger partial charge in [-0.2, -0.15) is 0 Å². The molecular weight excluding hydrogens is 246 g/mol. The number of aryl methyl sites for hydroxylation is 2. The van der Waals surface area contributed by atoms with Crippen molar-refractivity contribution in [1.29, 1.82) is 0 Å². The quantitative estimate of drug-likeness (QED) is 0.917. The smallest absolute Gasteiger partial charge is 0.252 e. The van der Waals surface area contributed by atoms with Crippen molar-refractivity contribution in [2.75, 3.05) is 6.54 Å². The summed E-state index contributed by atoms with van der Waals surface area (Å²) in [6.07, 6.45) is 3.98. The van der Waals surface area contributed by atoms with Gasteiger partial charge in [-0.25, -0.2) is 4.98 Å². The third-order valence-electron chi connectivity index (χ3n) is 2.62. The zero-order valence-electron chi connectivity index (χ0n) is 10.4. The molecule has 0 spiro atoms. The molecule has 2 rings (SSSR count). The first kappa shape index (κ1) is 12.7. The summed E-state index contributed by atoms with van der Waals surface area (Å²) in [6.45, 7) is 4.66. The molecule has 0 aromatic carbocycles.